The zero-order chi connectivity index (χ0) is 17.4. The van der Waals surface area contributed by atoms with Crippen LogP contribution in [0.4, 0.5) is 0 Å². The highest BCUT2D eigenvalue weighted by Gasteiger charge is 2.31. The fraction of sp³-hybridized carbons (Fsp3) is 0.857. The van der Waals surface area contributed by atoms with Crippen LogP contribution in [0, 0.1) is 17.8 Å². The van der Waals surface area contributed by atoms with Gasteiger partial charge in [-0.15, -0.1) is 0 Å². The molecule has 0 amide bonds. The summed E-state index contributed by atoms with van der Waals surface area (Å²) in [4.78, 5) is 11.7. The van der Waals surface area contributed by atoms with Crippen molar-refractivity contribution in [2.75, 3.05) is 6.61 Å². The van der Waals surface area contributed by atoms with Gasteiger partial charge in [0.25, 0.3) is 0 Å². The molecule has 3 nitrogen and oxygen atoms in total. The van der Waals surface area contributed by atoms with Crippen molar-refractivity contribution in [3.8, 4) is 0 Å². The van der Waals surface area contributed by atoms with Gasteiger partial charge in [-0.25, -0.2) is 4.79 Å². The lowest BCUT2D eigenvalue weighted by Gasteiger charge is -2.37. The van der Waals surface area contributed by atoms with E-state index in [0.717, 1.165) is 30.6 Å². The molecule has 0 radical (unpaired) electrons. The maximum atomic E-state index is 11.7. The molecule has 0 atom stereocenters. The molecule has 0 spiro atoms. The number of unbranched alkanes of at least 4 members (excludes halogenated alkanes) is 2. The van der Waals surface area contributed by atoms with Crippen molar-refractivity contribution in [3.05, 3.63) is 12.2 Å². The fourth-order valence-electron chi connectivity index (χ4n) is 4.61. The third-order valence-corrected chi connectivity index (χ3v) is 6.25. The van der Waals surface area contributed by atoms with E-state index in [9.17, 15) is 4.79 Å². The topological polar surface area (TPSA) is 46.5 Å². The molecule has 24 heavy (non-hydrogen) atoms. The molecule has 0 heterocycles. The molecule has 2 rings (SSSR count). The normalized spacial score (nSPS) is 30.8. The molecule has 2 aliphatic carbocycles. The third kappa shape index (κ3) is 5.91. The Hall–Kier alpha value is -0.830. The van der Waals surface area contributed by atoms with Crippen molar-refractivity contribution < 1.29 is 14.6 Å². The van der Waals surface area contributed by atoms with E-state index >= 15 is 0 Å². The standard InChI is InChI=1S/C21H36O3/c1-3-4-5-6-17-7-9-18(10-8-17)19-11-13-20(14-12-19)24-21(23)16(2)15-22/h17-20,22H,2-15H2,1H3. The molecule has 2 aliphatic rings. The smallest absolute Gasteiger partial charge is 0.336 e. The summed E-state index contributed by atoms with van der Waals surface area (Å²) in [6.45, 7) is 5.51. The van der Waals surface area contributed by atoms with E-state index in [4.69, 9.17) is 9.84 Å². The van der Waals surface area contributed by atoms with E-state index in [2.05, 4.69) is 13.5 Å². The number of aliphatic hydroxyl groups excluding tert-OH is 1. The first-order chi connectivity index (χ1) is 11.6. The van der Waals surface area contributed by atoms with Crippen LogP contribution in [-0.2, 0) is 9.53 Å². The predicted octanol–water partition coefficient (Wildman–Crippen LogP) is 5.02. The Morgan fingerprint density at radius 1 is 1.00 bits per heavy atom. The van der Waals surface area contributed by atoms with Crippen LogP contribution in [-0.4, -0.2) is 23.8 Å². The second-order valence-electron chi connectivity index (χ2n) is 7.98. The highest BCUT2D eigenvalue weighted by Crippen LogP contribution is 2.41. The van der Waals surface area contributed by atoms with Gasteiger partial charge < -0.3 is 9.84 Å². The quantitative estimate of drug-likeness (QED) is 0.384. The van der Waals surface area contributed by atoms with E-state index in [-0.39, 0.29) is 18.3 Å². The third-order valence-electron chi connectivity index (χ3n) is 6.25. The molecule has 0 saturated heterocycles. The molecule has 1 N–H and O–H groups in total. The lowest BCUT2D eigenvalue weighted by atomic mass is 9.70. The fourth-order valence-corrected chi connectivity index (χ4v) is 4.61. The molecule has 0 aromatic carbocycles. The number of esters is 1. The Kier molecular flexibility index (Phi) is 8.31. The Morgan fingerprint density at radius 2 is 1.58 bits per heavy atom. The first-order valence-corrected chi connectivity index (χ1v) is 10.1. The highest BCUT2D eigenvalue weighted by atomic mass is 16.5. The van der Waals surface area contributed by atoms with Gasteiger partial charge in [0.05, 0.1) is 12.2 Å². The molecule has 0 aromatic heterocycles. The van der Waals surface area contributed by atoms with Gasteiger partial charge in [-0.05, 0) is 56.3 Å². The summed E-state index contributed by atoms with van der Waals surface area (Å²) < 4.78 is 5.45. The molecule has 2 saturated carbocycles. The van der Waals surface area contributed by atoms with Crippen molar-refractivity contribution >= 4 is 5.97 Å². The van der Waals surface area contributed by atoms with Crippen LogP contribution in [0.15, 0.2) is 12.2 Å². The van der Waals surface area contributed by atoms with E-state index in [1.807, 2.05) is 0 Å². The molecule has 2 fully saturated rings. The van der Waals surface area contributed by atoms with Gasteiger partial charge in [0, 0.05) is 0 Å². The minimum absolute atomic E-state index is 0.0300. The Morgan fingerprint density at radius 3 is 2.12 bits per heavy atom. The van der Waals surface area contributed by atoms with Crippen LogP contribution in [0.2, 0.25) is 0 Å². The highest BCUT2D eigenvalue weighted by molar-refractivity contribution is 5.88. The summed E-state index contributed by atoms with van der Waals surface area (Å²) in [6.07, 6.45) is 15.6. The lowest BCUT2D eigenvalue weighted by Crippen LogP contribution is -2.30. The molecular formula is C21H36O3. The summed E-state index contributed by atoms with van der Waals surface area (Å²) in [5.74, 6) is 2.29. The predicted molar refractivity (Wildman–Crippen MR) is 97.7 cm³/mol. The minimum Gasteiger partial charge on any atom is -0.459 e. The molecule has 138 valence electrons. The van der Waals surface area contributed by atoms with Gasteiger partial charge in [0.1, 0.15) is 6.10 Å². The van der Waals surface area contributed by atoms with Gasteiger partial charge in [-0.2, -0.15) is 0 Å². The summed E-state index contributed by atoms with van der Waals surface area (Å²) in [7, 11) is 0. The Labute approximate surface area is 147 Å². The van der Waals surface area contributed by atoms with Crippen LogP contribution in [0.3, 0.4) is 0 Å². The number of aliphatic hydroxyl groups is 1. The molecule has 0 aromatic rings. The summed E-state index contributed by atoms with van der Waals surface area (Å²) in [5.41, 5.74) is 0.165. The van der Waals surface area contributed by atoms with Crippen LogP contribution >= 0.6 is 0 Å². The molecular weight excluding hydrogens is 300 g/mol. The first-order valence-electron chi connectivity index (χ1n) is 10.1. The second kappa shape index (κ2) is 10.2. The van der Waals surface area contributed by atoms with Crippen molar-refractivity contribution in [1.82, 2.24) is 0 Å². The van der Waals surface area contributed by atoms with E-state index in [0.29, 0.717) is 0 Å². The molecule has 3 heteroatoms. The minimum atomic E-state index is -0.423. The van der Waals surface area contributed by atoms with Crippen LogP contribution in [0.5, 0.6) is 0 Å². The van der Waals surface area contributed by atoms with E-state index in [1.165, 1.54) is 64.2 Å². The molecule has 0 unspecified atom stereocenters. The zero-order valence-corrected chi connectivity index (χ0v) is 15.5. The van der Waals surface area contributed by atoms with Gasteiger partial charge >= 0.3 is 5.97 Å². The number of hydrogen-bond donors (Lipinski definition) is 1. The van der Waals surface area contributed by atoms with Crippen molar-refractivity contribution in [1.29, 1.82) is 0 Å². The monoisotopic (exact) mass is 336 g/mol. The first kappa shape index (κ1) is 19.5. The zero-order valence-electron chi connectivity index (χ0n) is 15.5. The summed E-state index contributed by atoms with van der Waals surface area (Å²) in [6, 6.07) is 0. The number of carbonyl (C=O) groups is 1. The van der Waals surface area contributed by atoms with Crippen molar-refractivity contribution in [2.24, 2.45) is 17.8 Å². The van der Waals surface area contributed by atoms with Gasteiger partial charge in [0.2, 0.25) is 0 Å². The number of hydrogen-bond acceptors (Lipinski definition) is 3. The average molecular weight is 337 g/mol. The largest absolute Gasteiger partial charge is 0.459 e. The summed E-state index contributed by atoms with van der Waals surface area (Å²) in [5, 5.41) is 8.94. The van der Waals surface area contributed by atoms with Gasteiger partial charge in [-0.3, -0.25) is 0 Å². The Bertz CT molecular complexity index is 388. The number of ether oxygens (including phenoxy) is 1. The number of carbonyl (C=O) groups excluding carboxylic acids is 1. The van der Waals surface area contributed by atoms with E-state index < -0.39 is 5.97 Å². The number of rotatable bonds is 8. The van der Waals surface area contributed by atoms with Crippen LogP contribution in [0.25, 0.3) is 0 Å². The SMILES string of the molecule is C=C(CO)C(=O)OC1CCC(C2CCC(CCCCC)CC2)CC1. The Balaban J connectivity index is 1.64. The lowest BCUT2D eigenvalue weighted by molar-refractivity contribution is -0.146. The average Bonchev–Trinajstić information content (AvgIpc) is 2.62. The van der Waals surface area contributed by atoms with Crippen molar-refractivity contribution in [2.45, 2.75) is 90.1 Å². The van der Waals surface area contributed by atoms with Gasteiger partial charge in [-0.1, -0.05) is 52.0 Å². The van der Waals surface area contributed by atoms with Crippen LogP contribution in [0.1, 0.15) is 84.0 Å². The molecule has 0 aliphatic heterocycles. The van der Waals surface area contributed by atoms with E-state index in [1.54, 1.807) is 0 Å². The van der Waals surface area contributed by atoms with Crippen LogP contribution < -0.4 is 0 Å². The van der Waals surface area contributed by atoms with Gasteiger partial charge in [0.15, 0.2) is 0 Å². The maximum absolute atomic E-state index is 11.7. The van der Waals surface area contributed by atoms with Crippen molar-refractivity contribution in [3.63, 3.8) is 0 Å². The maximum Gasteiger partial charge on any atom is 0.336 e. The molecule has 0 bridgehead atoms. The summed E-state index contributed by atoms with van der Waals surface area (Å²) >= 11 is 0. The second-order valence-corrected chi connectivity index (χ2v) is 7.98.